The maximum atomic E-state index is 11.6. The summed E-state index contributed by atoms with van der Waals surface area (Å²) in [5.74, 6) is 0. The Morgan fingerprint density at radius 3 is 2.21 bits per heavy atom. The molecule has 0 N–H and O–H groups in total. The van der Waals surface area contributed by atoms with Gasteiger partial charge in [0.25, 0.3) is 0 Å². The average molecular weight is 212 g/mol. The third-order valence-corrected chi connectivity index (χ3v) is 2.27. The van der Waals surface area contributed by atoms with Gasteiger partial charge >= 0.3 is 6.36 Å². The van der Waals surface area contributed by atoms with Crippen molar-refractivity contribution in [2.24, 2.45) is 0 Å². The van der Waals surface area contributed by atoms with E-state index in [2.05, 4.69) is 9.64 Å². The summed E-state index contributed by atoms with van der Waals surface area (Å²) >= 11 is 0. The van der Waals surface area contributed by atoms with Gasteiger partial charge in [-0.3, -0.25) is 9.64 Å². The number of halogens is 3. The van der Waals surface area contributed by atoms with E-state index >= 15 is 0 Å². The molecule has 0 unspecified atom stereocenters. The van der Waals surface area contributed by atoms with Crippen LogP contribution in [0.25, 0.3) is 0 Å². The molecule has 1 heterocycles. The Kier molecular flexibility index (Phi) is 4.15. The van der Waals surface area contributed by atoms with Crippen LogP contribution in [0, 0.1) is 0 Å². The number of nitrogens with zero attached hydrogens (tertiary/aromatic N) is 2. The van der Waals surface area contributed by atoms with Crippen molar-refractivity contribution in [3.63, 3.8) is 0 Å². The van der Waals surface area contributed by atoms with Gasteiger partial charge in [-0.25, -0.2) is 0 Å². The third kappa shape index (κ3) is 4.78. The van der Waals surface area contributed by atoms with Crippen LogP contribution in [0.4, 0.5) is 13.2 Å². The van der Waals surface area contributed by atoms with Crippen LogP contribution in [0.15, 0.2) is 0 Å². The summed E-state index contributed by atoms with van der Waals surface area (Å²) in [6.07, 6.45) is -4.49. The van der Waals surface area contributed by atoms with Gasteiger partial charge in [-0.1, -0.05) is 0 Å². The Balaban J connectivity index is 2.08. The van der Waals surface area contributed by atoms with Gasteiger partial charge in [0, 0.05) is 32.7 Å². The van der Waals surface area contributed by atoms with E-state index in [9.17, 15) is 13.2 Å². The highest BCUT2D eigenvalue weighted by Crippen LogP contribution is 2.15. The van der Waals surface area contributed by atoms with Crippen LogP contribution in [-0.2, 0) is 4.74 Å². The van der Waals surface area contributed by atoms with E-state index in [0.717, 1.165) is 26.2 Å². The number of piperazine rings is 1. The van der Waals surface area contributed by atoms with Crippen LogP contribution in [0.1, 0.15) is 0 Å². The van der Waals surface area contributed by atoms with E-state index in [0.29, 0.717) is 6.54 Å². The fourth-order valence-electron chi connectivity index (χ4n) is 1.36. The summed E-state index contributed by atoms with van der Waals surface area (Å²) in [5.41, 5.74) is 0. The second-order valence-corrected chi connectivity index (χ2v) is 3.44. The minimum Gasteiger partial charge on any atom is -0.304 e. The lowest BCUT2D eigenvalue weighted by molar-refractivity contribution is -0.325. The van der Waals surface area contributed by atoms with Crippen LogP contribution in [0.2, 0.25) is 0 Å². The SMILES string of the molecule is CN1CCN(CCOC(F)(F)F)CC1. The van der Waals surface area contributed by atoms with Crippen molar-refractivity contribution in [2.75, 3.05) is 46.4 Å². The smallest absolute Gasteiger partial charge is 0.304 e. The predicted octanol–water partition coefficient (Wildman–Crippen LogP) is 0.770. The first kappa shape index (κ1) is 11.7. The first-order chi connectivity index (χ1) is 6.47. The highest BCUT2D eigenvalue weighted by molar-refractivity contribution is 4.68. The van der Waals surface area contributed by atoms with E-state index in [1.807, 2.05) is 11.9 Å². The fourth-order valence-corrected chi connectivity index (χ4v) is 1.36. The largest absolute Gasteiger partial charge is 0.522 e. The molecular weight excluding hydrogens is 197 g/mol. The van der Waals surface area contributed by atoms with Crippen LogP contribution < -0.4 is 0 Å². The zero-order valence-electron chi connectivity index (χ0n) is 8.18. The molecule has 84 valence electrons. The topological polar surface area (TPSA) is 15.7 Å². The van der Waals surface area contributed by atoms with Crippen molar-refractivity contribution < 1.29 is 17.9 Å². The van der Waals surface area contributed by atoms with Crippen molar-refractivity contribution in [3.8, 4) is 0 Å². The first-order valence-electron chi connectivity index (χ1n) is 4.59. The van der Waals surface area contributed by atoms with Crippen LogP contribution in [-0.4, -0.2) is 62.5 Å². The average Bonchev–Trinajstić information content (AvgIpc) is 2.06. The van der Waals surface area contributed by atoms with Gasteiger partial charge in [0.2, 0.25) is 0 Å². The summed E-state index contributed by atoms with van der Waals surface area (Å²) in [4.78, 5) is 4.13. The van der Waals surface area contributed by atoms with Gasteiger partial charge in [0.05, 0.1) is 6.61 Å². The first-order valence-corrected chi connectivity index (χ1v) is 4.59. The molecule has 14 heavy (non-hydrogen) atoms. The van der Waals surface area contributed by atoms with E-state index in [4.69, 9.17) is 0 Å². The number of hydrogen-bond acceptors (Lipinski definition) is 3. The number of ether oxygens (including phenoxy) is 1. The summed E-state index contributed by atoms with van der Waals surface area (Å²) in [7, 11) is 2.00. The molecule has 0 aromatic rings. The summed E-state index contributed by atoms with van der Waals surface area (Å²) in [6, 6.07) is 0. The van der Waals surface area contributed by atoms with Crippen molar-refractivity contribution in [3.05, 3.63) is 0 Å². The molecule has 6 heteroatoms. The zero-order chi connectivity index (χ0) is 10.6. The molecule has 0 saturated carbocycles. The molecule has 3 nitrogen and oxygen atoms in total. The van der Waals surface area contributed by atoms with Crippen molar-refractivity contribution in [1.29, 1.82) is 0 Å². The molecule has 0 amide bonds. The van der Waals surface area contributed by atoms with Gasteiger partial charge in [-0.15, -0.1) is 13.2 Å². The highest BCUT2D eigenvalue weighted by atomic mass is 19.4. The number of likely N-dealkylation sites (N-methyl/N-ethyl adjacent to an activating group) is 1. The molecular formula is C8H15F3N2O. The Morgan fingerprint density at radius 2 is 1.71 bits per heavy atom. The minimum absolute atomic E-state index is 0.271. The Labute approximate surface area is 81.4 Å². The molecule has 0 aliphatic carbocycles. The van der Waals surface area contributed by atoms with Crippen molar-refractivity contribution >= 4 is 0 Å². The molecule has 1 saturated heterocycles. The maximum absolute atomic E-state index is 11.6. The maximum Gasteiger partial charge on any atom is 0.522 e. The molecule has 1 aliphatic rings. The van der Waals surface area contributed by atoms with Gasteiger partial charge in [0.1, 0.15) is 0 Å². The number of rotatable bonds is 3. The molecule has 1 rings (SSSR count). The second-order valence-electron chi connectivity index (χ2n) is 3.44. The normalized spacial score (nSPS) is 21.4. The lowest BCUT2D eigenvalue weighted by Gasteiger charge is -2.32. The second kappa shape index (κ2) is 4.95. The molecule has 0 aromatic carbocycles. The van der Waals surface area contributed by atoms with E-state index in [1.54, 1.807) is 0 Å². The van der Waals surface area contributed by atoms with Crippen LogP contribution >= 0.6 is 0 Å². The minimum atomic E-state index is -4.49. The Hall–Kier alpha value is -0.330. The molecule has 1 fully saturated rings. The highest BCUT2D eigenvalue weighted by Gasteiger charge is 2.29. The summed E-state index contributed by atoms with van der Waals surface area (Å²) < 4.78 is 38.6. The monoisotopic (exact) mass is 212 g/mol. The molecule has 0 aromatic heterocycles. The summed E-state index contributed by atoms with van der Waals surface area (Å²) in [5, 5.41) is 0. The quantitative estimate of drug-likeness (QED) is 0.687. The van der Waals surface area contributed by atoms with Crippen molar-refractivity contribution in [2.45, 2.75) is 6.36 Å². The van der Waals surface area contributed by atoms with Crippen LogP contribution in [0.3, 0.4) is 0 Å². The molecule has 0 atom stereocenters. The Morgan fingerprint density at radius 1 is 1.14 bits per heavy atom. The molecule has 0 spiro atoms. The van der Waals surface area contributed by atoms with E-state index in [-0.39, 0.29) is 6.61 Å². The standard InChI is InChI=1S/C8H15F3N2O/c1-12-2-4-13(5-3-12)6-7-14-8(9,10)11/h2-7H2,1H3. The van der Waals surface area contributed by atoms with Crippen molar-refractivity contribution in [1.82, 2.24) is 9.80 Å². The van der Waals surface area contributed by atoms with Crippen LogP contribution in [0.5, 0.6) is 0 Å². The van der Waals surface area contributed by atoms with Gasteiger partial charge in [0.15, 0.2) is 0 Å². The predicted molar refractivity (Wildman–Crippen MR) is 45.9 cm³/mol. The molecule has 0 bridgehead atoms. The number of hydrogen-bond donors (Lipinski definition) is 0. The zero-order valence-corrected chi connectivity index (χ0v) is 8.18. The molecule has 1 aliphatic heterocycles. The van der Waals surface area contributed by atoms with E-state index < -0.39 is 6.36 Å². The van der Waals surface area contributed by atoms with Gasteiger partial charge < -0.3 is 4.90 Å². The Bertz CT molecular complexity index is 166. The fraction of sp³-hybridized carbons (Fsp3) is 1.00. The molecule has 0 radical (unpaired) electrons. The van der Waals surface area contributed by atoms with Gasteiger partial charge in [-0.2, -0.15) is 0 Å². The summed E-state index contributed by atoms with van der Waals surface area (Å²) in [6.45, 7) is 3.54. The van der Waals surface area contributed by atoms with E-state index in [1.165, 1.54) is 0 Å². The van der Waals surface area contributed by atoms with Gasteiger partial charge in [-0.05, 0) is 7.05 Å². The third-order valence-electron chi connectivity index (χ3n) is 2.27. The lowest BCUT2D eigenvalue weighted by Crippen LogP contribution is -2.45. The number of alkyl halides is 3. The lowest BCUT2D eigenvalue weighted by atomic mass is 10.3.